The molecule has 1 aliphatic rings. The second kappa shape index (κ2) is 5.93. The number of hydrogen-bond donors (Lipinski definition) is 0. The minimum Gasteiger partial charge on any atom is -0.465 e. The number of carbonyl (C=O) groups is 2. The van der Waals surface area contributed by atoms with Crippen LogP contribution in [0, 0.1) is 17.2 Å². The molecule has 1 amide bonds. The first-order valence-electron chi connectivity index (χ1n) is 6.09. The third-order valence-electron chi connectivity index (χ3n) is 3.25. The molecule has 0 bridgehead atoms. The molecule has 104 valence electrons. The van der Waals surface area contributed by atoms with Gasteiger partial charge in [0.2, 0.25) is 5.91 Å². The molecule has 0 spiro atoms. The molecule has 5 nitrogen and oxygen atoms in total. The lowest BCUT2D eigenvalue weighted by Gasteiger charge is -2.18. The molecule has 1 saturated heterocycles. The number of rotatable bonds is 3. The standard InChI is InChI=1S/C14H13ClN2O3/c1-20-14(19)10-2-3-12(11(5-10)7-16)17-8-9(6-15)4-13(17)18/h2-3,5,9H,4,6,8H2,1H3. The molecule has 1 unspecified atom stereocenters. The number of amides is 1. The molecule has 0 aliphatic carbocycles. The van der Waals surface area contributed by atoms with Gasteiger partial charge in [-0.25, -0.2) is 4.79 Å². The Labute approximate surface area is 121 Å². The van der Waals surface area contributed by atoms with Gasteiger partial charge in [0, 0.05) is 18.8 Å². The highest BCUT2D eigenvalue weighted by molar-refractivity contribution is 6.18. The molecule has 0 saturated carbocycles. The van der Waals surface area contributed by atoms with E-state index in [-0.39, 0.29) is 23.0 Å². The highest BCUT2D eigenvalue weighted by atomic mass is 35.5. The van der Waals surface area contributed by atoms with Gasteiger partial charge in [-0.1, -0.05) is 0 Å². The zero-order valence-electron chi connectivity index (χ0n) is 10.9. The van der Waals surface area contributed by atoms with Gasteiger partial charge in [-0.2, -0.15) is 5.26 Å². The first-order valence-corrected chi connectivity index (χ1v) is 6.63. The van der Waals surface area contributed by atoms with Crippen LogP contribution in [0.5, 0.6) is 0 Å². The van der Waals surface area contributed by atoms with E-state index in [2.05, 4.69) is 4.74 Å². The lowest BCUT2D eigenvalue weighted by atomic mass is 10.1. The predicted molar refractivity (Wildman–Crippen MR) is 73.7 cm³/mol. The Hall–Kier alpha value is -2.06. The normalized spacial score (nSPS) is 17.9. The largest absolute Gasteiger partial charge is 0.465 e. The third kappa shape index (κ3) is 2.61. The molecule has 1 aliphatic heterocycles. The molecule has 0 aromatic heterocycles. The molecule has 1 atom stereocenters. The van der Waals surface area contributed by atoms with Crippen LogP contribution in [0.25, 0.3) is 0 Å². The number of nitrogens with zero attached hydrogens (tertiary/aromatic N) is 2. The minimum atomic E-state index is -0.514. The Kier molecular flexibility index (Phi) is 4.26. The monoisotopic (exact) mass is 292 g/mol. The van der Waals surface area contributed by atoms with E-state index in [1.165, 1.54) is 13.2 Å². The summed E-state index contributed by atoms with van der Waals surface area (Å²) in [7, 11) is 1.28. The van der Waals surface area contributed by atoms with Gasteiger partial charge in [-0.3, -0.25) is 4.79 Å². The van der Waals surface area contributed by atoms with E-state index in [0.717, 1.165) is 0 Å². The van der Waals surface area contributed by atoms with E-state index in [0.29, 0.717) is 24.5 Å². The number of halogens is 1. The number of alkyl halides is 1. The van der Waals surface area contributed by atoms with Gasteiger partial charge in [0.05, 0.1) is 23.9 Å². The average Bonchev–Trinajstić information content (AvgIpc) is 2.86. The Morgan fingerprint density at radius 3 is 2.90 bits per heavy atom. The Balaban J connectivity index is 2.36. The number of benzene rings is 1. The number of nitriles is 1. The second-order valence-electron chi connectivity index (χ2n) is 4.56. The summed E-state index contributed by atoms with van der Waals surface area (Å²) in [6.07, 6.45) is 0.382. The fourth-order valence-electron chi connectivity index (χ4n) is 2.22. The molecule has 1 aromatic carbocycles. The molecule has 20 heavy (non-hydrogen) atoms. The van der Waals surface area contributed by atoms with E-state index in [1.54, 1.807) is 17.0 Å². The van der Waals surface area contributed by atoms with Crippen LogP contribution < -0.4 is 4.90 Å². The third-order valence-corrected chi connectivity index (χ3v) is 3.69. The number of anilines is 1. The molecule has 2 rings (SSSR count). The minimum absolute atomic E-state index is 0.0574. The first-order chi connectivity index (χ1) is 9.60. The summed E-state index contributed by atoms with van der Waals surface area (Å²) >= 11 is 5.78. The van der Waals surface area contributed by atoms with E-state index in [4.69, 9.17) is 11.6 Å². The van der Waals surface area contributed by atoms with Crippen LogP contribution in [0.3, 0.4) is 0 Å². The average molecular weight is 293 g/mol. The van der Waals surface area contributed by atoms with Gasteiger partial charge < -0.3 is 9.64 Å². The van der Waals surface area contributed by atoms with Crippen LogP contribution >= 0.6 is 11.6 Å². The van der Waals surface area contributed by atoms with E-state index in [1.807, 2.05) is 6.07 Å². The highest BCUT2D eigenvalue weighted by Gasteiger charge is 2.31. The first kappa shape index (κ1) is 14.4. The van der Waals surface area contributed by atoms with E-state index < -0.39 is 5.97 Å². The molecule has 1 fully saturated rings. The van der Waals surface area contributed by atoms with E-state index in [9.17, 15) is 14.9 Å². The van der Waals surface area contributed by atoms with Crippen LogP contribution in [0.2, 0.25) is 0 Å². The fourth-order valence-corrected chi connectivity index (χ4v) is 2.43. The van der Waals surface area contributed by atoms with Crippen LogP contribution in [0.4, 0.5) is 5.69 Å². The maximum atomic E-state index is 12.0. The van der Waals surface area contributed by atoms with Gasteiger partial charge in [-0.15, -0.1) is 11.6 Å². The number of methoxy groups -OCH3 is 1. The lowest BCUT2D eigenvalue weighted by molar-refractivity contribution is -0.117. The lowest BCUT2D eigenvalue weighted by Crippen LogP contribution is -2.25. The van der Waals surface area contributed by atoms with Crippen LogP contribution in [-0.4, -0.2) is 31.4 Å². The SMILES string of the molecule is COC(=O)c1ccc(N2CC(CCl)CC2=O)c(C#N)c1. The maximum absolute atomic E-state index is 12.0. The summed E-state index contributed by atoms with van der Waals surface area (Å²) in [6, 6.07) is 6.59. The summed E-state index contributed by atoms with van der Waals surface area (Å²) in [4.78, 5) is 24.9. The summed E-state index contributed by atoms with van der Waals surface area (Å²) < 4.78 is 4.61. The highest BCUT2D eigenvalue weighted by Crippen LogP contribution is 2.29. The van der Waals surface area contributed by atoms with Crippen molar-refractivity contribution in [2.75, 3.05) is 24.4 Å². The molecular formula is C14H13ClN2O3. The Morgan fingerprint density at radius 1 is 1.60 bits per heavy atom. The molecule has 0 radical (unpaired) electrons. The molecular weight excluding hydrogens is 280 g/mol. The van der Waals surface area contributed by atoms with Gasteiger partial charge in [0.25, 0.3) is 0 Å². The maximum Gasteiger partial charge on any atom is 0.337 e. The summed E-state index contributed by atoms with van der Waals surface area (Å²) in [5.41, 5.74) is 1.07. The van der Waals surface area contributed by atoms with Crippen LogP contribution in [0.15, 0.2) is 18.2 Å². The molecule has 6 heteroatoms. The van der Waals surface area contributed by atoms with Crippen molar-refractivity contribution in [1.82, 2.24) is 0 Å². The Bertz CT molecular complexity index is 595. The van der Waals surface area contributed by atoms with Gasteiger partial charge in [-0.05, 0) is 24.1 Å². The number of hydrogen-bond acceptors (Lipinski definition) is 4. The van der Waals surface area contributed by atoms with Gasteiger partial charge >= 0.3 is 5.97 Å². The van der Waals surface area contributed by atoms with Crippen molar-refractivity contribution in [1.29, 1.82) is 5.26 Å². The van der Waals surface area contributed by atoms with Crippen molar-refractivity contribution in [2.24, 2.45) is 5.92 Å². The van der Waals surface area contributed by atoms with Gasteiger partial charge in [0.1, 0.15) is 6.07 Å². The fraction of sp³-hybridized carbons (Fsp3) is 0.357. The Morgan fingerprint density at radius 2 is 2.35 bits per heavy atom. The molecule has 1 aromatic rings. The predicted octanol–water partition coefficient (Wildman–Crippen LogP) is 1.94. The zero-order chi connectivity index (χ0) is 14.7. The number of carbonyl (C=O) groups excluding carboxylic acids is 2. The van der Waals surface area contributed by atoms with Crippen molar-refractivity contribution in [3.05, 3.63) is 29.3 Å². The van der Waals surface area contributed by atoms with Crippen molar-refractivity contribution < 1.29 is 14.3 Å². The second-order valence-corrected chi connectivity index (χ2v) is 4.87. The number of ether oxygens (including phenoxy) is 1. The quantitative estimate of drug-likeness (QED) is 0.630. The van der Waals surface area contributed by atoms with E-state index >= 15 is 0 Å². The van der Waals surface area contributed by atoms with Crippen molar-refractivity contribution >= 4 is 29.2 Å². The van der Waals surface area contributed by atoms with Gasteiger partial charge in [0.15, 0.2) is 0 Å². The van der Waals surface area contributed by atoms with Crippen molar-refractivity contribution in [3.63, 3.8) is 0 Å². The molecule has 0 N–H and O–H groups in total. The van der Waals surface area contributed by atoms with Crippen molar-refractivity contribution in [2.45, 2.75) is 6.42 Å². The van der Waals surface area contributed by atoms with Crippen molar-refractivity contribution in [3.8, 4) is 6.07 Å². The zero-order valence-corrected chi connectivity index (χ0v) is 11.7. The number of esters is 1. The summed E-state index contributed by atoms with van der Waals surface area (Å²) in [6.45, 7) is 0.495. The summed E-state index contributed by atoms with van der Waals surface area (Å²) in [5.74, 6) is -0.0712. The van der Waals surface area contributed by atoms with Crippen LogP contribution in [0.1, 0.15) is 22.3 Å². The topological polar surface area (TPSA) is 70.4 Å². The summed E-state index contributed by atoms with van der Waals surface area (Å²) in [5, 5.41) is 9.20. The molecule has 1 heterocycles. The smallest absolute Gasteiger partial charge is 0.337 e. The van der Waals surface area contributed by atoms with Crippen LogP contribution in [-0.2, 0) is 9.53 Å².